The Bertz CT molecular complexity index is 537. The molecule has 1 aromatic carbocycles. The third-order valence-electron chi connectivity index (χ3n) is 4.05. The summed E-state index contributed by atoms with van der Waals surface area (Å²) in [7, 11) is 0. The molecule has 0 aromatic heterocycles. The van der Waals surface area contributed by atoms with Gasteiger partial charge < -0.3 is 10.2 Å². The Morgan fingerprint density at radius 3 is 2.70 bits per heavy atom. The first-order valence-electron chi connectivity index (χ1n) is 6.62. The van der Waals surface area contributed by atoms with Crippen LogP contribution in [-0.2, 0) is 6.18 Å². The Morgan fingerprint density at radius 1 is 1.30 bits per heavy atom. The second kappa shape index (κ2) is 4.48. The minimum Gasteiger partial charge on any atom is -0.330 e. The Kier molecular flexibility index (Phi) is 3.01. The van der Waals surface area contributed by atoms with E-state index in [-0.39, 0.29) is 17.0 Å². The smallest absolute Gasteiger partial charge is 0.330 e. The molecule has 6 heteroatoms. The SMILES string of the molecule is O=C(c1cccc(C(F)(F)F)c1)N1CCNCC12CC2. The molecule has 2 fully saturated rings. The summed E-state index contributed by atoms with van der Waals surface area (Å²) in [6.45, 7) is 1.97. The molecule has 2 aliphatic rings. The van der Waals surface area contributed by atoms with E-state index in [0.29, 0.717) is 13.1 Å². The maximum atomic E-state index is 12.7. The number of halogens is 3. The highest BCUT2D eigenvalue weighted by Gasteiger charge is 2.51. The Balaban J connectivity index is 1.87. The van der Waals surface area contributed by atoms with E-state index in [9.17, 15) is 18.0 Å². The van der Waals surface area contributed by atoms with Crippen LogP contribution in [0.2, 0.25) is 0 Å². The van der Waals surface area contributed by atoms with Gasteiger partial charge in [-0.25, -0.2) is 0 Å². The number of amides is 1. The van der Waals surface area contributed by atoms with Crippen LogP contribution in [0.5, 0.6) is 0 Å². The second-order valence-corrected chi connectivity index (χ2v) is 5.44. The summed E-state index contributed by atoms with van der Waals surface area (Å²) < 4.78 is 38.1. The molecule has 3 rings (SSSR count). The van der Waals surface area contributed by atoms with Crippen LogP contribution < -0.4 is 5.32 Å². The molecule has 1 aliphatic carbocycles. The number of hydrogen-bond acceptors (Lipinski definition) is 2. The van der Waals surface area contributed by atoms with E-state index in [0.717, 1.165) is 31.5 Å². The number of benzene rings is 1. The highest BCUT2D eigenvalue weighted by molar-refractivity contribution is 5.95. The lowest BCUT2D eigenvalue weighted by atomic mass is 10.1. The fourth-order valence-corrected chi connectivity index (χ4v) is 2.74. The molecule has 1 heterocycles. The van der Waals surface area contributed by atoms with Crippen molar-refractivity contribution in [3.05, 3.63) is 35.4 Å². The highest BCUT2D eigenvalue weighted by Crippen LogP contribution is 2.43. The molecular weight excluding hydrogens is 269 g/mol. The summed E-state index contributed by atoms with van der Waals surface area (Å²) in [5.41, 5.74) is -0.819. The fraction of sp³-hybridized carbons (Fsp3) is 0.500. The normalized spacial score (nSPS) is 21.1. The maximum Gasteiger partial charge on any atom is 0.416 e. The first-order valence-corrected chi connectivity index (χ1v) is 6.62. The summed E-state index contributed by atoms with van der Waals surface area (Å²) >= 11 is 0. The van der Waals surface area contributed by atoms with Crippen LogP contribution in [0, 0.1) is 0 Å². The summed E-state index contributed by atoms with van der Waals surface area (Å²) in [5.74, 6) is -0.296. The molecule has 108 valence electrons. The Morgan fingerprint density at radius 2 is 2.05 bits per heavy atom. The van der Waals surface area contributed by atoms with E-state index in [1.54, 1.807) is 4.90 Å². The molecule has 1 N–H and O–H groups in total. The van der Waals surface area contributed by atoms with Gasteiger partial charge in [-0.15, -0.1) is 0 Å². The van der Waals surface area contributed by atoms with Crippen molar-refractivity contribution in [2.24, 2.45) is 0 Å². The van der Waals surface area contributed by atoms with E-state index in [2.05, 4.69) is 5.32 Å². The van der Waals surface area contributed by atoms with Crippen molar-refractivity contribution < 1.29 is 18.0 Å². The zero-order valence-electron chi connectivity index (χ0n) is 10.8. The van der Waals surface area contributed by atoms with Crippen LogP contribution in [0.4, 0.5) is 13.2 Å². The number of hydrogen-bond donors (Lipinski definition) is 1. The number of rotatable bonds is 1. The third-order valence-corrected chi connectivity index (χ3v) is 4.05. The van der Waals surface area contributed by atoms with Gasteiger partial charge in [-0.3, -0.25) is 4.79 Å². The van der Waals surface area contributed by atoms with Gasteiger partial charge in [0.1, 0.15) is 0 Å². The van der Waals surface area contributed by atoms with Crippen LogP contribution in [0.15, 0.2) is 24.3 Å². The molecule has 20 heavy (non-hydrogen) atoms. The monoisotopic (exact) mass is 284 g/mol. The van der Waals surface area contributed by atoms with E-state index in [1.807, 2.05) is 0 Å². The topological polar surface area (TPSA) is 32.3 Å². The average Bonchev–Trinajstić information content (AvgIpc) is 3.18. The lowest BCUT2D eigenvalue weighted by Gasteiger charge is -2.37. The van der Waals surface area contributed by atoms with Gasteiger partial charge in [-0.1, -0.05) is 6.07 Å². The first kappa shape index (κ1) is 13.4. The molecule has 1 saturated carbocycles. The maximum absolute atomic E-state index is 12.7. The summed E-state index contributed by atoms with van der Waals surface area (Å²) in [5, 5.41) is 3.24. The molecule has 0 unspecified atom stereocenters. The Hall–Kier alpha value is -1.56. The molecule has 0 bridgehead atoms. The molecule has 1 amide bonds. The number of piperazine rings is 1. The zero-order valence-corrected chi connectivity index (χ0v) is 10.8. The van der Waals surface area contributed by atoms with Crippen molar-refractivity contribution in [1.82, 2.24) is 10.2 Å². The van der Waals surface area contributed by atoms with Crippen LogP contribution in [0.25, 0.3) is 0 Å². The number of carbonyl (C=O) groups excluding carboxylic acids is 1. The predicted molar refractivity (Wildman–Crippen MR) is 67.3 cm³/mol. The molecule has 0 atom stereocenters. The van der Waals surface area contributed by atoms with Crippen LogP contribution >= 0.6 is 0 Å². The minimum absolute atomic E-state index is 0.119. The van der Waals surface area contributed by atoms with E-state index < -0.39 is 11.7 Å². The first-order chi connectivity index (χ1) is 9.42. The van der Waals surface area contributed by atoms with E-state index in [1.165, 1.54) is 12.1 Å². The van der Waals surface area contributed by atoms with Gasteiger partial charge in [0.2, 0.25) is 0 Å². The van der Waals surface area contributed by atoms with Crippen LogP contribution in [-0.4, -0.2) is 36.0 Å². The fourth-order valence-electron chi connectivity index (χ4n) is 2.74. The van der Waals surface area contributed by atoms with Gasteiger partial charge in [0.05, 0.1) is 11.1 Å². The number of nitrogens with zero attached hydrogens (tertiary/aromatic N) is 1. The van der Waals surface area contributed by atoms with Gasteiger partial charge in [-0.05, 0) is 31.0 Å². The van der Waals surface area contributed by atoms with E-state index >= 15 is 0 Å². The van der Waals surface area contributed by atoms with Gasteiger partial charge in [0, 0.05) is 25.2 Å². The highest BCUT2D eigenvalue weighted by atomic mass is 19.4. The Labute approximate surface area is 114 Å². The van der Waals surface area contributed by atoms with Gasteiger partial charge in [0.15, 0.2) is 0 Å². The van der Waals surface area contributed by atoms with Crippen molar-refractivity contribution in [2.45, 2.75) is 24.6 Å². The summed E-state index contributed by atoms with van der Waals surface area (Å²) in [4.78, 5) is 14.2. The number of alkyl halides is 3. The predicted octanol–water partition coefficient (Wildman–Crippen LogP) is 2.28. The number of nitrogens with one attached hydrogen (secondary N) is 1. The lowest BCUT2D eigenvalue weighted by Crippen LogP contribution is -2.55. The lowest BCUT2D eigenvalue weighted by molar-refractivity contribution is -0.137. The third kappa shape index (κ3) is 2.28. The zero-order chi connectivity index (χ0) is 14.4. The molecule has 1 aliphatic heterocycles. The molecule has 0 radical (unpaired) electrons. The molecule has 3 nitrogen and oxygen atoms in total. The van der Waals surface area contributed by atoms with Crippen molar-refractivity contribution in [1.29, 1.82) is 0 Å². The molecule has 1 spiro atoms. The van der Waals surface area contributed by atoms with Gasteiger partial charge in [-0.2, -0.15) is 13.2 Å². The molecular formula is C14H15F3N2O. The molecule has 1 saturated heterocycles. The van der Waals surface area contributed by atoms with Gasteiger partial charge in [0.25, 0.3) is 5.91 Å². The summed E-state index contributed by atoms with van der Waals surface area (Å²) in [6.07, 6.45) is -2.58. The van der Waals surface area contributed by atoms with Crippen molar-refractivity contribution >= 4 is 5.91 Å². The van der Waals surface area contributed by atoms with Crippen molar-refractivity contribution in [3.63, 3.8) is 0 Å². The largest absolute Gasteiger partial charge is 0.416 e. The van der Waals surface area contributed by atoms with Crippen molar-refractivity contribution in [3.8, 4) is 0 Å². The van der Waals surface area contributed by atoms with Crippen LogP contribution in [0.1, 0.15) is 28.8 Å². The average molecular weight is 284 g/mol. The van der Waals surface area contributed by atoms with Gasteiger partial charge >= 0.3 is 6.18 Å². The van der Waals surface area contributed by atoms with Crippen LogP contribution in [0.3, 0.4) is 0 Å². The minimum atomic E-state index is -4.42. The molecule has 1 aromatic rings. The number of carbonyl (C=O) groups is 1. The quantitative estimate of drug-likeness (QED) is 0.858. The van der Waals surface area contributed by atoms with Crippen molar-refractivity contribution in [2.75, 3.05) is 19.6 Å². The standard InChI is InChI=1S/C14H15F3N2O/c15-14(16,17)11-3-1-2-10(8-11)12(20)19-7-6-18-9-13(19)4-5-13/h1-3,8,18H,4-7,9H2. The van der Waals surface area contributed by atoms with E-state index in [4.69, 9.17) is 0 Å². The summed E-state index contributed by atoms with van der Waals surface area (Å²) in [6, 6.07) is 4.68. The second-order valence-electron chi connectivity index (χ2n) is 5.44.